The summed E-state index contributed by atoms with van der Waals surface area (Å²) >= 11 is 1.49. The van der Waals surface area contributed by atoms with Crippen LogP contribution in [0.5, 0.6) is 5.75 Å². The van der Waals surface area contributed by atoms with Gasteiger partial charge in [-0.15, -0.1) is 11.3 Å². The molecule has 0 spiro atoms. The molecule has 2 heterocycles. The van der Waals surface area contributed by atoms with Crippen LogP contribution in [0.2, 0.25) is 0 Å². The molecule has 3 rings (SSSR count). The third-order valence-corrected chi connectivity index (χ3v) is 6.46. The van der Waals surface area contributed by atoms with Gasteiger partial charge in [0, 0.05) is 23.5 Å². The van der Waals surface area contributed by atoms with Gasteiger partial charge in [-0.1, -0.05) is 6.92 Å². The van der Waals surface area contributed by atoms with Crippen molar-refractivity contribution in [3.8, 4) is 5.75 Å². The Hall–Kier alpha value is -2.64. The number of hydrogen-bond donors (Lipinski definition) is 1. The standard InChI is InChI=1S/C24H30N2O4S/c1-6-12-30-18-8-7-17(14-16(18)3)21(27)19-20(23-15(2)9-13-31-23)26(11-10-25(4)5)24(29)22(19)28/h7-9,13-14,20,27H,6,10-12H2,1-5H3/b21-19-. The van der Waals surface area contributed by atoms with Crippen LogP contribution < -0.4 is 4.74 Å². The molecule has 1 N–H and O–H groups in total. The van der Waals surface area contributed by atoms with Crippen LogP contribution in [0.25, 0.3) is 5.76 Å². The number of hydrogen-bond acceptors (Lipinski definition) is 6. The molecule has 0 radical (unpaired) electrons. The zero-order chi connectivity index (χ0) is 22.7. The van der Waals surface area contributed by atoms with Gasteiger partial charge >= 0.3 is 0 Å². The summed E-state index contributed by atoms with van der Waals surface area (Å²) in [5, 5.41) is 13.1. The number of benzene rings is 1. The normalized spacial score (nSPS) is 18.3. The molecule has 0 bridgehead atoms. The zero-order valence-electron chi connectivity index (χ0n) is 18.8. The monoisotopic (exact) mass is 442 g/mol. The number of aliphatic hydroxyl groups is 1. The average molecular weight is 443 g/mol. The molecule has 1 aliphatic rings. The van der Waals surface area contributed by atoms with Crippen molar-refractivity contribution in [2.45, 2.75) is 33.2 Å². The summed E-state index contributed by atoms with van der Waals surface area (Å²) in [6, 6.07) is 6.71. The van der Waals surface area contributed by atoms with Crippen molar-refractivity contribution in [2.24, 2.45) is 0 Å². The Bertz CT molecular complexity index is 1010. The summed E-state index contributed by atoms with van der Waals surface area (Å²) in [5.41, 5.74) is 2.52. The molecule has 1 atom stereocenters. The molecule has 1 saturated heterocycles. The third-order valence-electron chi connectivity index (χ3n) is 5.39. The molecule has 6 nitrogen and oxygen atoms in total. The highest BCUT2D eigenvalue weighted by Gasteiger charge is 2.46. The van der Waals surface area contributed by atoms with Gasteiger partial charge < -0.3 is 19.6 Å². The van der Waals surface area contributed by atoms with Crippen molar-refractivity contribution in [1.82, 2.24) is 9.80 Å². The van der Waals surface area contributed by atoms with Crippen LogP contribution in [0, 0.1) is 13.8 Å². The van der Waals surface area contributed by atoms with Gasteiger partial charge in [0.05, 0.1) is 18.2 Å². The zero-order valence-corrected chi connectivity index (χ0v) is 19.6. The first-order valence-electron chi connectivity index (χ1n) is 10.5. The van der Waals surface area contributed by atoms with Crippen molar-refractivity contribution in [1.29, 1.82) is 0 Å². The van der Waals surface area contributed by atoms with Gasteiger partial charge in [0.15, 0.2) is 0 Å². The fourth-order valence-electron chi connectivity index (χ4n) is 3.68. The maximum Gasteiger partial charge on any atom is 0.295 e. The second-order valence-electron chi connectivity index (χ2n) is 8.09. The quantitative estimate of drug-likeness (QED) is 0.378. The van der Waals surface area contributed by atoms with Crippen LogP contribution >= 0.6 is 11.3 Å². The number of carbonyl (C=O) groups excluding carboxylic acids is 2. The minimum Gasteiger partial charge on any atom is -0.507 e. The predicted molar refractivity (Wildman–Crippen MR) is 124 cm³/mol. The first kappa shape index (κ1) is 23.0. The number of aliphatic hydroxyl groups excluding tert-OH is 1. The second kappa shape index (κ2) is 9.66. The topological polar surface area (TPSA) is 70.1 Å². The number of aryl methyl sites for hydroxylation is 2. The van der Waals surface area contributed by atoms with E-state index in [1.807, 2.05) is 51.2 Å². The molecule has 7 heteroatoms. The number of likely N-dealkylation sites (N-methyl/N-ethyl adjacent to an activating group) is 1. The van der Waals surface area contributed by atoms with Crippen LogP contribution in [0.1, 0.15) is 41.0 Å². The lowest BCUT2D eigenvalue weighted by Crippen LogP contribution is -2.35. The van der Waals surface area contributed by atoms with Crippen LogP contribution in [-0.4, -0.2) is 60.4 Å². The average Bonchev–Trinajstić information content (AvgIpc) is 3.25. The highest BCUT2D eigenvalue weighted by Crippen LogP contribution is 2.42. The highest BCUT2D eigenvalue weighted by molar-refractivity contribution is 7.10. The van der Waals surface area contributed by atoms with E-state index in [9.17, 15) is 14.7 Å². The lowest BCUT2D eigenvalue weighted by molar-refractivity contribution is -0.140. The molecule has 1 amide bonds. The SMILES string of the molecule is CCCOc1ccc(/C(O)=C2/C(=O)C(=O)N(CCN(C)C)C2c2sccc2C)cc1C. The van der Waals surface area contributed by atoms with E-state index in [2.05, 4.69) is 0 Å². The molecular formula is C24H30N2O4S. The fourth-order valence-corrected chi connectivity index (χ4v) is 4.73. The number of amides is 1. The van der Waals surface area contributed by atoms with Crippen LogP contribution in [-0.2, 0) is 9.59 Å². The lowest BCUT2D eigenvalue weighted by Gasteiger charge is -2.26. The fraction of sp³-hybridized carbons (Fsp3) is 0.417. The Labute approximate surface area is 187 Å². The van der Waals surface area contributed by atoms with E-state index >= 15 is 0 Å². The number of ketones is 1. The van der Waals surface area contributed by atoms with Gasteiger partial charge in [-0.25, -0.2) is 0 Å². The van der Waals surface area contributed by atoms with Gasteiger partial charge in [0.2, 0.25) is 0 Å². The number of rotatable bonds is 8. The van der Waals surface area contributed by atoms with E-state index in [4.69, 9.17) is 4.74 Å². The van der Waals surface area contributed by atoms with E-state index < -0.39 is 17.7 Å². The summed E-state index contributed by atoms with van der Waals surface area (Å²) < 4.78 is 5.72. The molecule has 1 aromatic carbocycles. The summed E-state index contributed by atoms with van der Waals surface area (Å²) in [7, 11) is 3.85. The summed E-state index contributed by atoms with van der Waals surface area (Å²) in [6.07, 6.45) is 0.901. The maximum absolute atomic E-state index is 13.0. The lowest BCUT2D eigenvalue weighted by atomic mass is 9.97. The molecule has 31 heavy (non-hydrogen) atoms. The first-order chi connectivity index (χ1) is 14.8. The van der Waals surface area contributed by atoms with Gasteiger partial charge in [-0.2, -0.15) is 0 Å². The van der Waals surface area contributed by atoms with Crippen molar-refractivity contribution in [3.05, 3.63) is 56.8 Å². The Morgan fingerprint density at radius 2 is 1.94 bits per heavy atom. The van der Waals surface area contributed by atoms with Crippen molar-refractivity contribution in [2.75, 3.05) is 33.8 Å². The molecule has 166 valence electrons. The number of carbonyl (C=O) groups is 2. The number of ether oxygens (including phenoxy) is 1. The van der Waals surface area contributed by atoms with Crippen LogP contribution in [0.3, 0.4) is 0 Å². The van der Waals surface area contributed by atoms with Crippen LogP contribution in [0.15, 0.2) is 35.2 Å². The molecule has 0 aliphatic carbocycles. The number of nitrogens with zero attached hydrogens (tertiary/aromatic N) is 2. The summed E-state index contributed by atoms with van der Waals surface area (Å²) in [4.78, 5) is 30.4. The van der Waals surface area contributed by atoms with Crippen molar-refractivity contribution in [3.63, 3.8) is 0 Å². The van der Waals surface area contributed by atoms with Crippen LogP contribution in [0.4, 0.5) is 0 Å². The van der Waals surface area contributed by atoms with E-state index in [0.29, 0.717) is 25.3 Å². The van der Waals surface area contributed by atoms with E-state index in [-0.39, 0.29) is 11.3 Å². The summed E-state index contributed by atoms with van der Waals surface area (Å²) in [5.74, 6) is -0.608. The molecule has 1 unspecified atom stereocenters. The number of thiophene rings is 1. The van der Waals surface area contributed by atoms with Crippen molar-refractivity contribution < 1.29 is 19.4 Å². The molecule has 1 aromatic heterocycles. The molecule has 0 saturated carbocycles. The molecule has 2 aromatic rings. The van der Waals surface area contributed by atoms with Crippen molar-refractivity contribution >= 4 is 28.8 Å². The largest absolute Gasteiger partial charge is 0.507 e. The number of Topliss-reactive ketones (excluding diaryl/α,β-unsaturated/α-hetero) is 1. The Kier molecular flexibility index (Phi) is 7.18. The number of likely N-dealkylation sites (tertiary alicyclic amines) is 1. The predicted octanol–water partition coefficient (Wildman–Crippen LogP) is 4.14. The van der Waals surface area contributed by atoms with Gasteiger partial charge in [0.25, 0.3) is 11.7 Å². The molecular weight excluding hydrogens is 412 g/mol. The molecule has 1 aliphatic heterocycles. The van der Waals surface area contributed by atoms with Gasteiger partial charge in [-0.05, 0) is 75.1 Å². The highest BCUT2D eigenvalue weighted by atomic mass is 32.1. The Morgan fingerprint density at radius 3 is 2.52 bits per heavy atom. The van der Waals surface area contributed by atoms with E-state index in [0.717, 1.165) is 28.2 Å². The second-order valence-corrected chi connectivity index (χ2v) is 9.04. The minimum atomic E-state index is -0.641. The molecule has 1 fully saturated rings. The maximum atomic E-state index is 13.0. The Morgan fingerprint density at radius 1 is 1.19 bits per heavy atom. The summed E-state index contributed by atoms with van der Waals surface area (Å²) in [6.45, 7) is 7.54. The van der Waals surface area contributed by atoms with Gasteiger partial charge in [0.1, 0.15) is 11.5 Å². The Balaban J connectivity index is 2.08. The third kappa shape index (κ3) is 4.67. The van der Waals surface area contributed by atoms with Gasteiger partial charge in [-0.3, -0.25) is 9.59 Å². The first-order valence-corrected chi connectivity index (χ1v) is 11.3. The smallest absolute Gasteiger partial charge is 0.295 e. The van der Waals surface area contributed by atoms with E-state index in [1.165, 1.54) is 11.3 Å². The van der Waals surface area contributed by atoms with E-state index in [1.54, 1.807) is 23.1 Å². The minimum absolute atomic E-state index is 0.145.